The molecule has 1 atom stereocenters. The van der Waals surface area contributed by atoms with Gasteiger partial charge in [0.25, 0.3) is 0 Å². The second-order valence-electron chi connectivity index (χ2n) is 4.11. The molecule has 0 saturated carbocycles. The summed E-state index contributed by atoms with van der Waals surface area (Å²) >= 11 is 3.41. The molecule has 96 valence electrons. The average molecular weight is 312 g/mol. The summed E-state index contributed by atoms with van der Waals surface area (Å²) in [5, 5.41) is 3.44. The summed E-state index contributed by atoms with van der Waals surface area (Å²) in [6.07, 6.45) is 4.39. The summed E-state index contributed by atoms with van der Waals surface area (Å²) in [4.78, 5) is 0. The van der Waals surface area contributed by atoms with Gasteiger partial charge >= 0.3 is 0 Å². The molecule has 2 nitrogen and oxygen atoms in total. The molecule has 1 aromatic carbocycles. The van der Waals surface area contributed by atoms with Crippen LogP contribution in [0.4, 0.5) is 4.39 Å². The normalized spacial score (nSPS) is 12.6. The Hall–Kier alpha value is -1.13. The molecule has 18 heavy (non-hydrogen) atoms. The minimum absolute atomic E-state index is 0.0127. The maximum Gasteiger partial charge on any atom is 0.124 e. The van der Waals surface area contributed by atoms with Gasteiger partial charge in [0.05, 0.1) is 18.6 Å². The Kier molecular flexibility index (Phi) is 4.55. The lowest BCUT2D eigenvalue weighted by molar-refractivity contribution is 0.547. The van der Waals surface area contributed by atoms with E-state index in [0.29, 0.717) is 0 Å². The lowest BCUT2D eigenvalue weighted by atomic mass is 10.0. The van der Waals surface area contributed by atoms with Gasteiger partial charge in [-0.15, -0.1) is 0 Å². The lowest BCUT2D eigenvalue weighted by Crippen LogP contribution is -2.23. The van der Waals surface area contributed by atoms with Gasteiger partial charge in [0, 0.05) is 10.0 Å². The van der Waals surface area contributed by atoms with Crippen LogP contribution in [0.1, 0.15) is 30.5 Å². The van der Waals surface area contributed by atoms with Crippen LogP contribution in [0.15, 0.2) is 45.7 Å². The fraction of sp³-hybridized carbons (Fsp3) is 0.286. The van der Waals surface area contributed by atoms with Crippen LogP contribution in [0.5, 0.6) is 0 Å². The maximum atomic E-state index is 13.1. The van der Waals surface area contributed by atoms with E-state index in [4.69, 9.17) is 4.42 Å². The Morgan fingerprint density at radius 3 is 2.83 bits per heavy atom. The minimum Gasteiger partial charge on any atom is -0.472 e. The van der Waals surface area contributed by atoms with Crippen molar-refractivity contribution in [1.29, 1.82) is 0 Å². The highest BCUT2D eigenvalue weighted by Gasteiger charge is 2.17. The molecule has 0 amide bonds. The highest BCUT2D eigenvalue weighted by Crippen LogP contribution is 2.29. The zero-order chi connectivity index (χ0) is 13.0. The van der Waals surface area contributed by atoms with E-state index in [9.17, 15) is 4.39 Å². The molecule has 0 spiro atoms. The van der Waals surface area contributed by atoms with Gasteiger partial charge in [-0.25, -0.2) is 4.39 Å². The molecule has 0 saturated heterocycles. The molecule has 1 aromatic heterocycles. The summed E-state index contributed by atoms with van der Waals surface area (Å²) in [5.41, 5.74) is 2.04. The molecular formula is C14H15BrFNO. The largest absolute Gasteiger partial charge is 0.472 e. The zero-order valence-electron chi connectivity index (χ0n) is 10.1. The molecule has 0 fully saturated rings. The predicted octanol–water partition coefficient (Wildman–Crippen LogP) is 4.27. The van der Waals surface area contributed by atoms with Gasteiger partial charge in [-0.3, -0.25) is 0 Å². The van der Waals surface area contributed by atoms with Crippen molar-refractivity contribution in [2.75, 3.05) is 6.54 Å². The molecule has 0 aliphatic carbocycles. The Morgan fingerprint density at radius 1 is 1.39 bits per heavy atom. The van der Waals surface area contributed by atoms with Crippen molar-refractivity contribution in [2.45, 2.75) is 19.4 Å². The molecule has 0 bridgehead atoms. The summed E-state index contributed by atoms with van der Waals surface area (Å²) in [7, 11) is 0. The van der Waals surface area contributed by atoms with Crippen LogP contribution in [-0.4, -0.2) is 6.54 Å². The van der Waals surface area contributed by atoms with E-state index in [2.05, 4.69) is 28.2 Å². The lowest BCUT2D eigenvalue weighted by Gasteiger charge is -2.19. The fourth-order valence-electron chi connectivity index (χ4n) is 1.87. The molecule has 0 aliphatic rings. The summed E-state index contributed by atoms with van der Waals surface area (Å²) in [6.45, 7) is 3.00. The number of hydrogen-bond donors (Lipinski definition) is 1. The van der Waals surface area contributed by atoms with Gasteiger partial charge in [-0.1, -0.05) is 28.9 Å². The van der Waals surface area contributed by atoms with Gasteiger partial charge in [0.2, 0.25) is 0 Å². The molecule has 1 heterocycles. The summed E-state index contributed by atoms with van der Waals surface area (Å²) < 4.78 is 19.0. The minimum atomic E-state index is -0.243. The van der Waals surface area contributed by atoms with Crippen molar-refractivity contribution in [1.82, 2.24) is 5.32 Å². The molecule has 0 radical (unpaired) electrons. The van der Waals surface area contributed by atoms with E-state index < -0.39 is 0 Å². The third-order valence-electron chi connectivity index (χ3n) is 2.75. The molecule has 2 aromatic rings. The molecular weight excluding hydrogens is 297 g/mol. The second kappa shape index (κ2) is 6.16. The first-order valence-corrected chi connectivity index (χ1v) is 6.72. The third kappa shape index (κ3) is 3.00. The molecule has 2 rings (SSSR count). The number of benzene rings is 1. The highest BCUT2D eigenvalue weighted by atomic mass is 79.9. The number of halogens is 2. The smallest absolute Gasteiger partial charge is 0.124 e. The van der Waals surface area contributed by atoms with Crippen LogP contribution in [0.3, 0.4) is 0 Å². The van der Waals surface area contributed by atoms with Crippen molar-refractivity contribution in [2.24, 2.45) is 0 Å². The van der Waals surface area contributed by atoms with Crippen LogP contribution < -0.4 is 5.32 Å². The van der Waals surface area contributed by atoms with Gasteiger partial charge in [0.1, 0.15) is 5.82 Å². The first-order chi connectivity index (χ1) is 8.72. The van der Waals surface area contributed by atoms with Crippen molar-refractivity contribution in [3.8, 4) is 0 Å². The van der Waals surface area contributed by atoms with Crippen molar-refractivity contribution in [3.63, 3.8) is 0 Å². The number of rotatable bonds is 5. The third-order valence-corrected chi connectivity index (χ3v) is 3.44. The highest BCUT2D eigenvalue weighted by molar-refractivity contribution is 9.10. The quantitative estimate of drug-likeness (QED) is 0.892. The molecule has 1 unspecified atom stereocenters. The molecule has 4 heteroatoms. The number of nitrogens with one attached hydrogen (secondary N) is 1. The SMILES string of the molecule is CCCNC(c1ccoc1)c1ccc(F)cc1Br. The Labute approximate surface area is 114 Å². The Morgan fingerprint density at radius 2 is 2.22 bits per heavy atom. The average Bonchev–Trinajstić information content (AvgIpc) is 2.85. The summed E-state index contributed by atoms with van der Waals surface area (Å²) in [5.74, 6) is -0.243. The van der Waals surface area contributed by atoms with Crippen LogP contribution >= 0.6 is 15.9 Å². The maximum absolute atomic E-state index is 13.1. The first kappa shape index (κ1) is 13.3. The van der Waals surface area contributed by atoms with E-state index in [-0.39, 0.29) is 11.9 Å². The van der Waals surface area contributed by atoms with Crippen molar-refractivity contribution in [3.05, 3.63) is 58.2 Å². The zero-order valence-corrected chi connectivity index (χ0v) is 11.7. The fourth-order valence-corrected chi connectivity index (χ4v) is 2.45. The first-order valence-electron chi connectivity index (χ1n) is 5.92. The summed E-state index contributed by atoms with van der Waals surface area (Å²) in [6, 6.07) is 6.68. The van der Waals surface area contributed by atoms with E-state index in [1.54, 1.807) is 18.6 Å². The molecule has 0 aliphatic heterocycles. The van der Waals surface area contributed by atoms with Gasteiger partial charge in [-0.2, -0.15) is 0 Å². The molecule has 1 N–H and O–H groups in total. The van der Waals surface area contributed by atoms with Crippen LogP contribution in [0.25, 0.3) is 0 Å². The van der Waals surface area contributed by atoms with E-state index in [1.807, 2.05) is 6.07 Å². The Balaban J connectivity index is 2.33. The number of furan rings is 1. The van der Waals surface area contributed by atoms with Gasteiger partial charge in [-0.05, 0) is 36.7 Å². The van der Waals surface area contributed by atoms with Crippen molar-refractivity contribution < 1.29 is 8.81 Å². The number of hydrogen-bond acceptors (Lipinski definition) is 2. The van der Waals surface area contributed by atoms with E-state index in [1.165, 1.54) is 12.1 Å². The van der Waals surface area contributed by atoms with E-state index >= 15 is 0 Å². The monoisotopic (exact) mass is 311 g/mol. The van der Waals surface area contributed by atoms with Gasteiger partial charge < -0.3 is 9.73 Å². The van der Waals surface area contributed by atoms with Gasteiger partial charge in [0.15, 0.2) is 0 Å². The van der Waals surface area contributed by atoms with E-state index in [0.717, 1.165) is 28.6 Å². The van der Waals surface area contributed by atoms with Crippen LogP contribution in [0.2, 0.25) is 0 Å². The topological polar surface area (TPSA) is 25.2 Å². The van der Waals surface area contributed by atoms with Crippen molar-refractivity contribution >= 4 is 15.9 Å². The second-order valence-corrected chi connectivity index (χ2v) is 4.96. The van der Waals surface area contributed by atoms with Crippen LogP contribution in [-0.2, 0) is 0 Å². The standard InChI is InChI=1S/C14H15BrFNO/c1-2-6-17-14(10-5-7-18-9-10)12-4-3-11(16)8-13(12)15/h3-5,7-9,14,17H,2,6H2,1H3. The Bertz CT molecular complexity index is 499. The van der Waals surface area contributed by atoms with Crippen LogP contribution in [0, 0.1) is 5.82 Å². The predicted molar refractivity (Wildman–Crippen MR) is 72.9 cm³/mol.